The molecule has 0 heterocycles. The van der Waals surface area contributed by atoms with Gasteiger partial charge in [0, 0.05) is 16.1 Å². The highest BCUT2D eigenvalue weighted by molar-refractivity contribution is 6.32. The van der Waals surface area contributed by atoms with Crippen LogP contribution in [0.4, 0.5) is 5.69 Å². The molecule has 0 atom stereocenters. The molecule has 20 heavy (non-hydrogen) atoms. The van der Waals surface area contributed by atoms with Gasteiger partial charge in [-0.2, -0.15) is 0 Å². The highest BCUT2D eigenvalue weighted by atomic mass is 35.5. The third-order valence-corrected chi connectivity index (χ3v) is 3.82. The number of anilines is 1. The fourth-order valence-corrected chi connectivity index (χ4v) is 2.41. The van der Waals surface area contributed by atoms with Crippen molar-refractivity contribution in [3.63, 3.8) is 0 Å². The fraction of sp³-hybridized carbons (Fsp3) is 0.188. The molecule has 0 aliphatic carbocycles. The van der Waals surface area contributed by atoms with Gasteiger partial charge in [0.05, 0.1) is 0 Å². The van der Waals surface area contributed by atoms with Gasteiger partial charge in [0.15, 0.2) is 0 Å². The number of amidine groups is 1. The van der Waals surface area contributed by atoms with E-state index in [1.807, 2.05) is 70.2 Å². The molecule has 0 spiro atoms. The van der Waals surface area contributed by atoms with Gasteiger partial charge in [0.1, 0.15) is 13.7 Å². The van der Waals surface area contributed by atoms with Crippen molar-refractivity contribution < 1.29 is 0 Å². The van der Waals surface area contributed by atoms with E-state index >= 15 is 0 Å². The molecule has 2 rings (SSSR count). The maximum atomic E-state index is 8.35. The molecular weight excluding hydrogens is 266 g/mol. The molecule has 2 N–H and O–H groups in total. The van der Waals surface area contributed by atoms with Crippen LogP contribution in [0.25, 0.3) is 0 Å². The fourth-order valence-electron chi connectivity index (χ4n) is 2.04. The molecule has 4 heteroatoms. The summed E-state index contributed by atoms with van der Waals surface area (Å²) in [6.07, 6.45) is 0. The van der Waals surface area contributed by atoms with E-state index in [9.17, 15) is 0 Å². The molecule has 0 aromatic heterocycles. The van der Waals surface area contributed by atoms with Crippen molar-refractivity contribution in [1.82, 2.24) is 0 Å². The second-order valence-electron chi connectivity index (χ2n) is 5.47. The molecule has 0 bridgehead atoms. The van der Waals surface area contributed by atoms with E-state index in [0.717, 1.165) is 11.3 Å². The zero-order valence-corrected chi connectivity index (χ0v) is 12.8. The van der Waals surface area contributed by atoms with E-state index in [2.05, 4.69) is 5.32 Å². The maximum Gasteiger partial charge on any atom is 0.139 e. The molecule has 2 aromatic carbocycles. The third kappa shape index (κ3) is 3.05. The predicted molar refractivity (Wildman–Crippen MR) is 90.4 cm³/mol. The first-order chi connectivity index (χ1) is 9.41. The molecule has 2 nitrogen and oxygen atoms in total. The average molecular weight is 285 g/mol. The van der Waals surface area contributed by atoms with Gasteiger partial charge in [-0.3, -0.25) is 5.41 Å². The molecule has 0 saturated carbocycles. The molecule has 0 aliphatic rings. The van der Waals surface area contributed by atoms with Gasteiger partial charge in [0.25, 0.3) is 0 Å². The summed E-state index contributed by atoms with van der Waals surface area (Å²) >= 11 is 6.25. The quantitative estimate of drug-likeness (QED) is 0.507. The van der Waals surface area contributed by atoms with Crippen molar-refractivity contribution in [1.29, 1.82) is 5.41 Å². The first-order valence-electron chi connectivity index (χ1n) is 6.59. The van der Waals surface area contributed by atoms with E-state index < -0.39 is 5.41 Å². The van der Waals surface area contributed by atoms with Crippen LogP contribution in [-0.4, -0.2) is 13.7 Å². The van der Waals surface area contributed by atoms with Crippen LogP contribution in [-0.2, 0) is 5.41 Å². The van der Waals surface area contributed by atoms with Gasteiger partial charge in [-0.1, -0.05) is 47.4 Å². The molecular formula is C16H18BClN2. The number of hydrogen-bond acceptors (Lipinski definition) is 1. The number of benzene rings is 2. The van der Waals surface area contributed by atoms with E-state index in [0.29, 0.717) is 10.9 Å². The summed E-state index contributed by atoms with van der Waals surface area (Å²) in [7, 11) is 2.04. The van der Waals surface area contributed by atoms with Crippen LogP contribution in [0.5, 0.6) is 0 Å². The third-order valence-electron chi connectivity index (χ3n) is 3.49. The Morgan fingerprint density at radius 2 is 1.70 bits per heavy atom. The van der Waals surface area contributed by atoms with E-state index in [1.165, 1.54) is 5.46 Å². The molecule has 2 aromatic rings. The lowest BCUT2D eigenvalue weighted by Crippen LogP contribution is -2.34. The number of halogens is 1. The molecule has 0 radical (unpaired) electrons. The van der Waals surface area contributed by atoms with E-state index in [-0.39, 0.29) is 0 Å². The normalized spacial score (nSPS) is 11.2. The van der Waals surface area contributed by atoms with Gasteiger partial charge < -0.3 is 5.32 Å². The van der Waals surface area contributed by atoms with Gasteiger partial charge in [0.2, 0.25) is 0 Å². The topological polar surface area (TPSA) is 35.9 Å². The highest BCUT2D eigenvalue weighted by Crippen LogP contribution is 2.30. The van der Waals surface area contributed by atoms with Crippen molar-refractivity contribution >= 4 is 36.4 Å². The van der Waals surface area contributed by atoms with Crippen LogP contribution in [0.2, 0.25) is 5.02 Å². The average Bonchev–Trinajstić information content (AvgIpc) is 2.41. The number of rotatable bonds is 3. The molecule has 0 amide bonds. The van der Waals surface area contributed by atoms with E-state index in [4.69, 9.17) is 17.0 Å². The molecule has 0 saturated heterocycles. The highest BCUT2D eigenvalue weighted by Gasteiger charge is 2.28. The minimum atomic E-state index is -0.469. The summed E-state index contributed by atoms with van der Waals surface area (Å²) in [5, 5.41) is 12.2. The Labute approximate surface area is 126 Å². The standard InChI is InChI=1S/C16H18BClN2/c1-16(2,13-5-3-4-6-14(13)18)15(19)20-12-9-7-11(17)8-10-12/h3-10H,17H2,1-2H3,(H2,19,20). The van der Waals surface area contributed by atoms with Gasteiger partial charge in [-0.05, 0) is 37.6 Å². The van der Waals surface area contributed by atoms with Crippen LogP contribution in [0.15, 0.2) is 48.5 Å². The van der Waals surface area contributed by atoms with Crippen molar-refractivity contribution in [3.05, 3.63) is 59.1 Å². The van der Waals surface area contributed by atoms with Crippen molar-refractivity contribution in [2.45, 2.75) is 19.3 Å². The summed E-state index contributed by atoms with van der Waals surface area (Å²) in [5.74, 6) is 0.425. The van der Waals surface area contributed by atoms with Crippen molar-refractivity contribution in [3.8, 4) is 0 Å². The summed E-state index contributed by atoms with van der Waals surface area (Å²) in [5.41, 5.74) is 2.60. The first-order valence-corrected chi connectivity index (χ1v) is 6.97. The lowest BCUT2D eigenvalue weighted by Gasteiger charge is -2.28. The van der Waals surface area contributed by atoms with Crippen LogP contribution in [0.3, 0.4) is 0 Å². The van der Waals surface area contributed by atoms with Crippen LogP contribution in [0.1, 0.15) is 19.4 Å². The second kappa shape index (κ2) is 5.72. The van der Waals surface area contributed by atoms with Crippen LogP contribution < -0.4 is 10.8 Å². The second-order valence-corrected chi connectivity index (χ2v) is 5.88. The van der Waals surface area contributed by atoms with E-state index in [1.54, 1.807) is 0 Å². The van der Waals surface area contributed by atoms with Crippen LogP contribution >= 0.6 is 11.6 Å². The Bertz CT molecular complexity index is 621. The van der Waals surface area contributed by atoms with Crippen molar-refractivity contribution in [2.24, 2.45) is 0 Å². The Kier molecular flexibility index (Phi) is 4.19. The van der Waals surface area contributed by atoms with Gasteiger partial charge in [-0.15, -0.1) is 0 Å². The Morgan fingerprint density at radius 1 is 1.10 bits per heavy atom. The zero-order valence-electron chi connectivity index (χ0n) is 12.0. The Hall–Kier alpha value is -1.74. The minimum absolute atomic E-state index is 0.425. The van der Waals surface area contributed by atoms with Gasteiger partial charge in [-0.25, -0.2) is 0 Å². The number of nitrogens with one attached hydrogen (secondary N) is 2. The number of hydrogen-bond donors (Lipinski definition) is 2. The first kappa shape index (κ1) is 14.7. The summed E-state index contributed by atoms with van der Waals surface area (Å²) in [6, 6.07) is 15.7. The van der Waals surface area contributed by atoms with Crippen molar-refractivity contribution in [2.75, 3.05) is 5.32 Å². The largest absolute Gasteiger partial charge is 0.344 e. The van der Waals surface area contributed by atoms with Gasteiger partial charge >= 0.3 is 0 Å². The molecule has 0 unspecified atom stereocenters. The SMILES string of the molecule is Bc1ccc(NC(=N)C(C)(C)c2ccccc2Cl)cc1. The summed E-state index contributed by atoms with van der Waals surface area (Å²) < 4.78 is 0. The molecule has 0 aliphatic heterocycles. The maximum absolute atomic E-state index is 8.35. The summed E-state index contributed by atoms with van der Waals surface area (Å²) in [6.45, 7) is 4.00. The van der Waals surface area contributed by atoms with Crippen LogP contribution in [0, 0.1) is 5.41 Å². The Morgan fingerprint density at radius 3 is 2.30 bits per heavy atom. The zero-order chi connectivity index (χ0) is 14.8. The lowest BCUT2D eigenvalue weighted by atomic mass is 9.83. The minimum Gasteiger partial charge on any atom is -0.344 e. The molecule has 0 fully saturated rings. The Balaban J connectivity index is 2.23. The smallest absolute Gasteiger partial charge is 0.139 e. The monoisotopic (exact) mass is 284 g/mol. The molecule has 102 valence electrons. The predicted octanol–water partition coefficient (Wildman–Crippen LogP) is 2.97. The summed E-state index contributed by atoms with van der Waals surface area (Å²) in [4.78, 5) is 0. The lowest BCUT2D eigenvalue weighted by molar-refractivity contribution is 0.711.